The lowest BCUT2D eigenvalue weighted by Crippen LogP contribution is -2.40. The van der Waals surface area contributed by atoms with Crippen LogP contribution in [0.3, 0.4) is 0 Å². The van der Waals surface area contributed by atoms with E-state index in [0.717, 1.165) is 5.56 Å². The van der Waals surface area contributed by atoms with Crippen LogP contribution in [-0.2, 0) is 9.84 Å². The highest BCUT2D eigenvalue weighted by molar-refractivity contribution is 7.92. The van der Waals surface area contributed by atoms with Gasteiger partial charge in [0.25, 0.3) is 0 Å². The molecule has 2 aliphatic rings. The number of carbonyl (C=O) groups is 1. The summed E-state index contributed by atoms with van der Waals surface area (Å²) in [6.07, 6.45) is 0. The quantitative estimate of drug-likeness (QED) is 0.868. The normalized spacial score (nSPS) is 27.4. The van der Waals surface area contributed by atoms with Gasteiger partial charge in [-0.05, 0) is 38.7 Å². The third kappa shape index (κ3) is 3.32. The summed E-state index contributed by atoms with van der Waals surface area (Å²) in [4.78, 5) is 16.2. The Morgan fingerprint density at radius 3 is 2.68 bits per heavy atom. The number of urea groups is 1. The van der Waals surface area contributed by atoms with Crippen molar-refractivity contribution in [1.29, 1.82) is 0 Å². The molecule has 1 N–H and O–H groups in total. The zero-order valence-corrected chi connectivity index (χ0v) is 15.8. The van der Waals surface area contributed by atoms with Crippen LogP contribution in [0.2, 0.25) is 0 Å². The van der Waals surface area contributed by atoms with Crippen LogP contribution >= 0.6 is 0 Å². The van der Waals surface area contributed by atoms with Crippen molar-refractivity contribution in [3.63, 3.8) is 0 Å². The first-order chi connectivity index (χ1) is 11.7. The molecule has 0 aromatic heterocycles. The van der Waals surface area contributed by atoms with E-state index in [1.54, 1.807) is 18.1 Å². The first kappa shape index (κ1) is 18.0. The second-order valence-corrected chi connectivity index (χ2v) is 9.37. The summed E-state index contributed by atoms with van der Waals surface area (Å²) in [6.45, 7) is 2.63. The zero-order chi connectivity index (χ0) is 18.4. The number of rotatable bonds is 3. The number of anilines is 1. The van der Waals surface area contributed by atoms with E-state index in [-0.39, 0.29) is 30.3 Å². The second-order valence-electron chi connectivity index (χ2n) is 7.10. The molecule has 2 saturated heterocycles. The van der Waals surface area contributed by atoms with Gasteiger partial charge in [-0.2, -0.15) is 0 Å². The molecule has 3 atom stereocenters. The van der Waals surface area contributed by atoms with Gasteiger partial charge in [0, 0.05) is 25.0 Å². The van der Waals surface area contributed by atoms with Gasteiger partial charge in [-0.3, -0.25) is 0 Å². The van der Waals surface area contributed by atoms with Crippen LogP contribution in [0.4, 0.5) is 10.5 Å². The molecule has 2 amide bonds. The summed E-state index contributed by atoms with van der Waals surface area (Å²) in [5.41, 5.74) is 1.60. The minimum atomic E-state index is -3.16. The molecule has 0 saturated carbocycles. The fourth-order valence-corrected chi connectivity index (χ4v) is 6.32. The number of methoxy groups -OCH3 is 1. The lowest BCUT2D eigenvalue weighted by atomic mass is 10.00. The molecule has 0 aliphatic carbocycles. The lowest BCUT2D eigenvalue weighted by Gasteiger charge is -2.25. The Labute approximate surface area is 148 Å². The fraction of sp³-hybridized carbons (Fsp3) is 0.588. The van der Waals surface area contributed by atoms with Gasteiger partial charge in [-0.1, -0.05) is 6.07 Å². The number of benzene rings is 1. The van der Waals surface area contributed by atoms with Gasteiger partial charge in [0.15, 0.2) is 9.84 Å². The van der Waals surface area contributed by atoms with Crippen LogP contribution < -0.4 is 10.1 Å². The third-order valence-electron chi connectivity index (χ3n) is 5.21. The Morgan fingerprint density at radius 2 is 2.04 bits per heavy atom. The molecular weight excluding hydrogens is 342 g/mol. The number of hydrogen-bond acceptors (Lipinski definition) is 5. The number of hydrogen-bond donors (Lipinski definition) is 1. The maximum Gasteiger partial charge on any atom is 0.322 e. The average molecular weight is 367 g/mol. The Bertz CT molecular complexity index is 778. The van der Waals surface area contributed by atoms with Crippen LogP contribution in [-0.4, -0.2) is 75.6 Å². The third-order valence-corrected chi connectivity index (χ3v) is 7.44. The van der Waals surface area contributed by atoms with Gasteiger partial charge in [0.2, 0.25) is 0 Å². The molecule has 25 heavy (non-hydrogen) atoms. The lowest BCUT2D eigenvalue weighted by molar-refractivity contribution is 0.210. The van der Waals surface area contributed by atoms with Gasteiger partial charge in [-0.15, -0.1) is 0 Å². The van der Waals surface area contributed by atoms with Crippen LogP contribution in [0.1, 0.15) is 5.56 Å². The number of likely N-dealkylation sites (tertiary alicyclic amines) is 1. The highest BCUT2D eigenvalue weighted by atomic mass is 32.2. The van der Waals surface area contributed by atoms with E-state index in [2.05, 4.69) is 5.32 Å². The predicted molar refractivity (Wildman–Crippen MR) is 96.9 cm³/mol. The Morgan fingerprint density at radius 1 is 1.32 bits per heavy atom. The molecule has 138 valence electrons. The molecule has 0 bridgehead atoms. The predicted octanol–water partition coefficient (Wildman–Crippen LogP) is 1.19. The summed E-state index contributed by atoms with van der Waals surface area (Å²) in [5, 5.41) is 2.39. The topological polar surface area (TPSA) is 79.0 Å². The summed E-state index contributed by atoms with van der Waals surface area (Å²) in [6, 6.07) is 5.22. The first-order valence-corrected chi connectivity index (χ1v) is 10.0. The number of amides is 2. The van der Waals surface area contributed by atoms with Crippen LogP contribution in [0.15, 0.2) is 18.2 Å². The van der Waals surface area contributed by atoms with Crippen LogP contribution in [0.5, 0.6) is 5.75 Å². The maximum absolute atomic E-state index is 12.7. The Hall–Kier alpha value is -1.80. The number of nitrogens with zero attached hydrogens (tertiary/aromatic N) is 2. The molecule has 1 aromatic carbocycles. The van der Waals surface area contributed by atoms with Crippen molar-refractivity contribution in [3.05, 3.63) is 23.8 Å². The molecular formula is C17H25N3O4S. The van der Waals surface area contributed by atoms with Crippen molar-refractivity contribution in [2.45, 2.75) is 18.2 Å². The number of aryl methyl sites for hydroxylation is 1. The standard InChI is InChI=1S/C17H25N3O4S/c1-11-5-6-15(24-4)13(7-11)18-17(21)20-8-12-14(19(2)3)10-25(22,23)16(12)9-20/h5-7,12,14,16H,8-10H2,1-4H3,(H,18,21)/t12-,14+,16-/m0/s1. The van der Waals surface area contributed by atoms with Crippen LogP contribution in [0, 0.1) is 12.8 Å². The van der Waals surface area contributed by atoms with Crippen molar-refractivity contribution in [3.8, 4) is 5.75 Å². The van der Waals surface area contributed by atoms with E-state index < -0.39 is 15.1 Å². The van der Waals surface area contributed by atoms with E-state index >= 15 is 0 Å². The number of carbonyl (C=O) groups excluding carboxylic acids is 1. The number of nitrogens with one attached hydrogen (secondary N) is 1. The summed E-state index contributed by atoms with van der Waals surface area (Å²) < 4.78 is 30.1. The minimum Gasteiger partial charge on any atom is -0.495 e. The van der Waals surface area contributed by atoms with Crippen molar-refractivity contribution >= 4 is 21.6 Å². The fourth-order valence-electron chi connectivity index (χ4n) is 3.85. The first-order valence-electron chi connectivity index (χ1n) is 8.31. The van der Waals surface area contributed by atoms with Crippen LogP contribution in [0.25, 0.3) is 0 Å². The van der Waals surface area contributed by atoms with Gasteiger partial charge in [0.05, 0.1) is 23.8 Å². The number of sulfone groups is 1. The second kappa shape index (κ2) is 6.49. The molecule has 2 heterocycles. The Kier molecular flexibility index (Phi) is 4.68. The van der Waals surface area contributed by atoms with Gasteiger partial charge in [-0.25, -0.2) is 13.2 Å². The number of fused-ring (bicyclic) bond motifs is 1. The van der Waals surface area contributed by atoms with Crippen molar-refractivity contribution < 1.29 is 17.9 Å². The molecule has 3 rings (SSSR count). The van der Waals surface area contributed by atoms with E-state index in [1.807, 2.05) is 38.1 Å². The molecule has 2 fully saturated rings. The minimum absolute atomic E-state index is 0.0369. The molecule has 0 spiro atoms. The van der Waals surface area contributed by atoms with Gasteiger partial charge >= 0.3 is 6.03 Å². The highest BCUT2D eigenvalue weighted by Crippen LogP contribution is 2.36. The molecule has 7 nitrogen and oxygen atoms in total. The van der Waals surface area contributed by atoms with Gasteiger partial charge < -0.3 is 19.9 Å². The van der Waals surface area contributed by atoms with Crippen molar-refractivity contribution in [2.75, 3.05) is 45.4 Å². The average Bonchev–Trinajstić information content (AvgIpc) is 3.07. The molecule has 1 aromatic rings. The van der Waals surface area contributed by atoms with Crippen molar-refractivity contribution in [2.24, 2.45) is 5.92 Å². The highest BCUT2D eigenvalue weighted by Gasteiger charge is 2.53. The molecule has 2 aliphatic heterocycles. The molecule has 0 unspecified atom stereocenters. The van der Waals surface area contributed by atoms with Gasteiger partial charge in [0.1, 0.15) is 5.75 Å². The monoisotopic (exact) mass is 367 g/mol. The van der Waals surface area contributed by atoms with Crippen molar-refractivity contribution in [1.82, 2.24) is 9.80 Å². The maximum atomic E-state index is 12.7. The largest absolute Gasteiger partial charge is 0.495 e. The smallest absolute Gasteiger partial charge is 0.322 e. The summed E-state index contributed by atoms with van der Waals surface area (Å²) in [7, 11) is 2.17. The molecule has 8 heteroatoms. The zero-order valence-electron chi connectivity index (χ0n) is 15.0. The van der Waals surface area contributed by atoms with E-state index in [9.17, 15) is 13.2 Å². The number of ether oxygens (including phenoxy) is 1. The SMILES string of the molecule is COc1ccc(C)cc1NC(=O)N1C[C@H]2[C@H](N(C)C)CS(=O)(=O)[C@H]2C1. The summed E-state index contributed by atoms with van der Waals surface area (Å²) >= 11 is 0. The summed E-state index contributed by atoms with van der Waals surface area (Å²) in [5.74, 6) is 0.721. The van der Waals surface area contributed by atoms with E-state index in [1.165, 1.54) is 0 Å². The van der Waals surface area contributed by atoms with E-state index in [4.69, 9.17) is 4.74 Å². The Balaban J connectivity index is 1.76. The van der Waals surface area contributed by atoms with E-state index in [0.29, 0.717) is 18.0 Å². The molecule has 0 radical (unpaired) electrons.